The average Bonchev–Trinajstić information content (AvgIpc) is 2.25. The first-order chi connectivity index (χ1) is 8.11. The summed E-state index contributed by atoms with van der Waals surface area (Å²) in [5.74, 6) is 1.55. The van der Waals surface area contributed by atoms with Gasteiger partial charge in [0.05, 0.1) is 0 Å². The summed E-state index contributed by atoms with van der Waals surface area (Å²) in [5, 5.41) is 12.6. The standard InChI is InChI=1S/C14H30N2O/c1-12(2)6-7-15-14-9-13(5-4-8-17)10-16(3)11-14/h12-15,17H,4-11H2,1-3H3. The third-order valence-corrected chi connectivity index (χ3v) is 3.64. The highest BCUT2D eigenvalue weighted by atomic mass is 16.2. The molecule has 0 aromatic heterocycles. The normalized spacial score (nSPS) is 26.6. The lowest BCUT2D eigenvalue weighted by Gasteiger charge is -2.36. The third kappa shape index (κ3) is 6.39. The Morgan fingerprint density at radius 3 is 2.76 bits per heavy atom. The molecule has 1 saturated heterocycles. The molecule has 0 radical (unpaired) electrons. The van der Waals surface area contributed by atoms with E-state index in [-0.39, 0.29) is 0 Å². The highest BCUT2D eigenvalue weighted by Crippen LogP contribution is 2.20. The summed E-state index contributed by atoms with van der Waals surface area (Å²) in [6.45, 7) is 8.40. The Labute approximate surface area is 107 Å². The van der Waals surface area contributed by atoms with Crippen molar-refractivity contribution in [2.75, 3.05) is 33.3 Å². The van der Waals surface area contributed by atoms with Crippen molar-refractivity contribution in [1.82, 2.24) is 10.2 Å². The number of aliphatic hydroxyl groups is 1. The lowest BCUT2D eigenvalue weighted by molar-refractivity contribution is 0.153. The van der Waals surface area contributed by atoms with Crippen LogP contribution in [0.15, 0.2) is 0 Å². The zero-order chi connectivity index (χ0) is 12.7. The van der Waals surface area contributed by atoms with Gasteiger partial charge < -0.3 is 15.3 Å². The van der Waals surface area contributed by atoms with E-state index in [1.54, 1.807) is 0 Å². The van der Waals surface area contributed by atoms with Gasteiger partial charge in [-0.05, 0) is 51.1 Å². The Balaban J connectivity index is 2.24. The van der Waals surface area contributed by atoms with Crippen LogP contribution in [0.1, 0.15) is 39.5 Å². The van der Waals surface area contributed by atoms with Gasteiger partial charge in [-0.25, -0.2) is 0 Å². The van der Waals surface area contributed by atoms with Gasteiger partial charge in [0, 0.05) is 25.7 Å². The number of hydrogen-bond acceptors (Lipinski definition) is 3. The topological polar surface area (TPSA) is 35.5 Å². The summed E-state index contributed by atoms with van der Waals surface area (Å²) in [7, 11) is 2.21. The number of piperidine rings is 1. The molecule has 0 bridgehead atoms. The van der Waals surface area contributed by atoms with Crippen molar-refractivity contribution in [2.45, 2.75) is 45.6 Å². The molecule has 2 unspecified atom stereocenters. The molecule has 0 saturated carbocycles. The number of aliphatic hydroxyl groups excluding tert-OH is 1. The zero-order valence-electron chi connectivity index (χ0n) is 11.8. The van der Waals surface area contributed by atoms with E-state index in [9.17, 15) is 0 Å². The van der Waals surface area contributed by atoms with Gasteiger partial charge in [-0.2, -0.15) is 0 Å². The average molecular weight is 242 g/mol. The predicted molar refractivity (Wildman–Crippen MR) is 73.2 cm³/mol. The number of likely N-dealkylation sites (tertiary alicyclic amines) is 1. The lowest BCUT2D eigenvalue weighted by atomic mass is 9.90. The third-order valence-electron chi connectivity index (χ3n) is 3.64. The van der Waals surface area contributed by atoms with Crippen LogP contribution < -0.4 is 5.32 Å². The first-order valence-electron chi connectivity index (χ1n) is 7.14. The summed E-state index contributed by atoms with van der Waals surface area (Å²) in [6, 6.07) is 0.649. The molecule has 1 fully saturated rings. The molecular formula is C14H30N2O. The molecule has 0 amide bonds. The molecular weight excluding hydrogens is 212 g/mol. The molecule has 1 heterocycles. The number of hydrogen-bond donors (Lipinski definition) is 2. The summed E-state index contributed by atoms with van der Waals surface area (Å²) in [6.07, 6.45) is 4.67. The monoisotopic (exact) mass is 242 g/mol. The molecule has 17 heavy (non-hydrogen) atoms. The molecule has 0 spiro atoms. The Hall–Kier alpha value is -0.120. The van der Waals surface area contributed by atoms with Gasteiger partial charge >= 0.3 is 0 Å². The fourth-order valence-electron chi connectivity index (χ4n) is 2.76. The number of nitrogens with one attached hydrogen (secondary N) is 1. The maximum atomic E-state index is 8.90. The summed E-state index contributed by atoms with van der Waals surface area (Å²) in [4.78, 5) is 2.43. The second kappa shape index (κ2) is 8.06. The van der Waals surface area contributed by atoms with Gasteiger partial charge in [0.1, 0.15) is 0 Å². The van der Waals surface area contributed by atoms with Crippen molar-refractivity contribution in [3.8, 4) is 0 Å². The van der Waals surface area contributed by atoms with Crippen LogP contribution >= 0.6 is 0 Å². The van der Waals surface area contributed by atoms with Crippen LogP contribution in [0.5, 0.6) is 0 Å². The summed E-state index contributed by atoms with van der Waals surface area (Å²) in [5.41, 5.74) is 0. The van der Waals surface area contributed by atoms with E-state index < -0.39 is 0 Å². The van der Waals surface area contributed by atoms with Gasteiger partial charge in [0.15, 0.2) is 0 Å². The molecule has 0 aromatic rings. The predicted octanol–water partition coefficient (Wildman–Crippen LogP) is 1.71. The SMILES string of the molecule is CC(C)CCNC1CC(CCCO)CN(C)C1. The van der Waals surface area contributed by atoms with E-state index in [1.807, 2.05) is 0 Å². The smallest absolute Gasteiger partial charge is 0.0431 e. The first-order valence-corrected chi connectivity index (χ1v) is 7.14. The minimum Gasteiger partial charge on any atom is -0.396 e. The van der Waals surface area contributed by atoms with Crippen LogP contribution in [0.3, 0.4) is 0 Å². The summed E-state index contributed by atoms with van der Waals surface area (Å²) < 4.78 is 0. The molecule has 1 aliphatic heterocycles. The Morgan fingerprint density at radius 2 is 2.12 bits per heavy atom. The largest absolute Gasteiger partial charge is 0.396 e. The lowest BCUT2D eigenvalue weighted by Crippen LogP contribution is -2.48. The van der Waals surface area contributed by atoms with Gasteiger partial charge in [0.2, 0.25) is 0 Å². The number of likely N-dealkylation sites (N-methyl/N-ethyl adjacent to an activating group) is 1. The molecule has 0 aliphatic carbocycles. The van der Waals surface area contributed by atoms with Crippen LogP contribution in [-0.2, 0) is 0 Å². The van der Waals surface area contributed by atoms with E-state index in [4.69, 9.17) is 5.11 Å². The van der Waals surface area contributed by atoms with Crippen molar-refractivity contribution in [3.63, 3.8) is 0 Å². The van der Waals surface area contributed by atoms with E-state index in [1.165, 1.54) is 32.4 Å². The number of rotatable bonds is 7. The fraction of sp³-hybridized carbons (Fsp3) is 1.00. The molecule has 3 heteroatoms. The van der Waals surface area contributed by atoms with Gasteiger partial charge in [-0.15, -0.1) is 0 Å². The highest BCUT2D eigenvalue weighted by Gasteiger charge is 2.24. The van der Waals surface area contributed by atoms with Crippen molar-refractivity contribution in [3.05, 3.63) is 0 Å². The maximum absolute atomic E-state index is 8.90. The highest BCUT2D eigenvalue weighted by molar-refractivity contribution is 4.82. The molecule has 3 nitrogen and oxygen atoms in total. The Kier molecular flexibility index (Phi) is 7.09. The first kappa shape index (κ1) is 14.9. The summed E-state index contributed by atoms with van der Waals surface area (Å²) >= 11 is 0. The van der Waals surface area contributed by atoms with E-state index >= 15 is 0 Å². The van der Waals surface area contributed by atoms with Crippen LogP contribution in [0.4, 0.5) is 0 Å². The molecule has 1 rings (SSSR count). The number of nitrogens with zero attached hydrogens (tertiary/aromatic N) is 1. The van der Waals surface area contributed by atoms with Crippen LogP contribution in [0, 0.1) is 11.8 Å². The van der Waals surface area contributed by atoms with Crippen molar-refractivity contribution >= 4 is 0 Å². The van der Waals surface area contributed by atoms with Crippen molar-refractivity contribution in [2.24, 2.45) is 11.8 Å². The van der Waals surface area contributed by atoms with Crippen LogP contribution in [0.25, 0.3) is 0 Å². The van der Waals surface area contributed by atoms with Crippen LogP contribution in [0.2, 0.25) is 0 Å². The minimum absolute atomic E-state index is 0.339. The van der Waals surface area contributed by atoms with Gasteiger partial charge in [0.25, 0.3) is 0 Å². The van der Waals surface area contributed by atoms with E-state index in [2.05, 4.69) is 31.1 Å². The maximum Gasteiger partial charge on any atom is 0.0431 e. The molecule has 0 aromatic carbocycles. The van der Waals surface area contributed by atoms with Crippen molar-refractivity contribution in [1.29, 1.82) is 0 Å². The fourth-order valence-corrected chi connectivity index (χ4v) is 2.76. The molecule has 102 valence electrons. The van der Waals surface area contributed by atoms with Crippen molar-refractivity contribution < 1.29 is 5.11 Å². The van der Waals surface area contributed by atoms with E-state index in [0.717, 1.165) is 24.8 Å². The second-order valence-corrected chi connectivity index (χ2v) is 6.02. The minimum atomic E-state index is 0.339. The Bertz CT molecular complexity index is 197. The second-order valence-electron chi connectivity index (χ2n) is 6.02. The molecule has 2 N–H and O–H groups in total. The molecule has 1 aliphatic rings. The van der Waals surface area contributed by atoms with Crippen LogP contribution in [-0.4, -0.2) is 49.3 Å². The van der Waals surface area contributed by atoms with E-state index in [0.29, 0.717) is 12.6 Å². The zero-order valence-corrected chi connectivity index (χ0v) is 11.8. The molecule has 2 atom stereocenters. The Morgan fingerprint density at radius 1 is 1.35 bits per heavy atom. The van der Waals surface area contributed by atoms with Gasteiger partial charge in [-0.3, -0.25) is 0 Å². The van der Waals surface area contributed by atoms with Gasteiger partial charge in [-0.1, -0.05) is 13.8 Å². The quantitative estimate of drug-likeness (QED) is 0.713.